The molecule has 0 fully saturated rings. The van der Waals surface area contributed by atoms with Crippen LogP contribution in [0.4, 0.5) is 0 Å². The summed E-state index contributed by atoms with van der Waals surface area (Å²) in [6.45, 7) is 2.64. The van der Waals surface area contributed by atoms with Crippen molar-refractivity contribution in [3.63, 3.8) is 0 Å². The summed E-state index contributed by atoms with van der Waals surface area (Å²) in [6, 6.07) is 2.95. The third-order valence-electron chi connectivity index (χ3n) is 1.38. The molecule has 3 nitrogen and oxygen atoms in total. The molecule has 3 heteroatoms. The van der Waals surface area contributed by atoms with Gasteiger partial charge in [0.25, 0.3) is 0 Å². The Balaban J connectivity index is 2.87. The molecule has 10 heavy (non-hydrogen) atoms. The Morgan fingerprint density at radius 3 is 2.20 bits per heavy atom. The topological polar surface area (TPSA) is 45.4 Å². The molecule has 1 heterocycles. The second kappa shape index (κ2) is 2.64. The van der Waals surface area contributed by atoms with Crippen LogP contribution in [0.25, 0.3) is 0 Å². The quantitative estimate of drug-likeness (QED) is 0.652. The molecule has 0 unspecified atom stereocenters. The molecule has 0 aliphatic rings. The maximum atomic E-state index is 9.07. The van der Waals surface area contributed by atoms with Crippen molar-refractivity contribution < 1.29 is 10.2 Å². The van der Waals surface area contributed by atoms with E-state index < -0.39 is 0 Å². The Hall–Kier alpha value is -1.12. The molecule has 0 saturated carbocycles. The normalized spacial score (nSPS) is 10.1. The molecular formula is C7H11NO2. The minimum atomic E-state index is 0.124. The lowest BCUT2D eigenvalue weighted by atomic mass is 10.5. The summed E-state index contributed by atoms with van der Waals surface area (Å²) < 4.78 is 1.46. The molecule has 1 aromatic rings. The van der Waals surface area contributed by atoms with Crippen LogP contribution >= 0.6 is 0 Å². The summed E-state index contributed by atoms with van der Waals surface area (Å²) in [6.07, 6.45) is 0.899. The smallest absolute Gasteiger partial charge is 0.193 e. The Kier molecular flexibility index (Phi) is 1.85. The average Bonchev–Trinajstić information content (AvgIpc) is 2.20. The van der Waals surface area contributed by atoms with E-state index in [9.17, 15) is 0 Å². The predicted molar refractivity (Wildman–Crippen MR) is 38.1 cm³/mol. The highest BCUT2D eigenvalue weighted by Gasteiger charge is 2.02. The summed E-state index contributed by atoms with van der Waals surface area (Å²) in [5, 5.41) is 18.1. The third kappa shape index (κ3) is 1.07. The Labute approximate surface area is 59.5 Å². The fraction of sp³-hybridized carbons (Fsp3) is 0.429. The van der Waals surface area contributed by atoms with Crippen LogP contribution in [0.1, 0.15) is 13.3 Å². The fourth-order valence-electron chi connectivity index (χ4n) is 0.899. The Bertz CT molecular complexity index is 198. The van der Waals surface area contributed by atoms with Gasteiger partial charge < -0.3 is 10.2 Å². The molecule has 0 aromatic carbocycles. The largest absolute Gasteiger partial charge is 0.494 e. The van der Waals surface area contributed by atoms with Crippen LogP contribution in [0.5, 0.6) is 11.8 Å². The molecule has 0 amide bonds. The number of hydrogen-bond donors (Lipinski definition) is 2. The maximum Gasteiger partial charge on any atom is 0.193 e. The molecule has 0 atom stereocenters. The molecule has 0 spiro atoms. The van der Waals surface area contributed by atoms with E-state index in [1.807, 2.05) is 6.92 Å². The molecule has 0 aliphatic carbocycles. The van der Waals surface area contributed by atoms with E-state index in [1.54, 1.807) is 0 Å². The highest BCUT2D eigenvalue weighted by molar-refractivity contribution is 5.23. The summed E-state index contributed by atoms with van der Waals surface area (Å²) >= 11 is 0. The van der Waals surface area contributed by atoms with E-state index in [0.29, 0.717) is 6.54 Å². The number of nitrogens with zero attached hydrogens (tertiary/aromatic N) is 1. The first kappa shape index (κ1) is 6.99. The van der Waals surface area contributed by atoms with Gasteiger partial charge in [-0.1, -0.05) is 6.92 Å². The SMILES string of the molecule is CCCn1c(O)ccc1O. The third-order valence-corrected chi connectivity index (χ3v) is 1.38. The van der Waals surface area contributed by atoms with Crippen LogP contribution < -0.4 is 0 Å². The molecule has 56 valence electrons. The molecule has 2 N–H and O–H groups in total. The van der Waals surface area contributed by atoms with Crippen LogP contribution in [0.3, 0.4) is 0 Å². The van der Waals surface area contributed by atoms with Gasteiger partial charge in [-0.3, -0.25) is 4.57 Å². The van der Waals surface area contributed by atoms with E-state index in [4.69, 9.17) is 10.2 Å². The van der Waals surface area contributed by atoms with Gasteiger partial charge in [0.15, 0.2) is 11.8 Å². The lowest BCUT2D eigenvalue weighted by molar-refractivity contribution is 0.367. The molecule has 0 radical (unpaired) electrons. The monoisotopic (exact) mass is 141 g/mol. The summed E-state index contributed by atoms with van der Waals surface area (Å²) in [5.74, 6) is 0.249. The average molecular weight is 141 g/mol. The molecule has 0 saturated heterocycles. The molecular weight excluding hydrogens is 130 g/mol. The van der Waals surface area contributed by atoms with Crippen molar-refractivity contribution in [2.75, 3.05) is 0 Å². The van der Waals surface area contributed by atoms with Gasteiger partial charge in [0, 0.05) is 18.7 Å². The van der Waals surface area contributed by atoms with Gasteiger partial charge >= 0.3 is 0 Å². The van der Waals surface area contributed by atoms with Crippen LogP contribution in [-0.2, 0) is 6.54 Å². The first-order valence-electron chi connectivity index (χ1n) is 3.33. The van der Waals surface area contributed by atoms with Gasteiger partial charge in [-0.25, -0.2) is 0 Å². The summed E-state index contributed by atoms with van der Waals surface area (Å²) in [7, 11) is 0. The number of aromatic hydroxyl groups is 2. The van der Waals surface area contributed by atoms with E-state index in [0.717, 1.165) is 6.42 Å². The standard InChI is InChI=1S/C7H11NO2/c1-2-5-8-6(9)3-4-7(8)10/h3-4,9-10H,2,5H2,1H3. The second-order valence-corrected chi connectivity index (χ2v) is 2.20. The van der Waals surface area contributed by atoms with Crippen molar-refractivity contribution >= 4 is 0 Å². The van der Waals surface area contributed by atoms with Gasteiger partial charge in [0.05, 0.1) is 0 Å². The van der Waals surface area contributed by atoms with Gasteiger partial charge in [0.2, 0.25) is 0 Å². The second-order valence-electron chi connectivity index (χ2n) is 2.20. The van der Waals surface area contributed by atoms with Gasteiger partial charge in [0.1, 0.15) is 0 Å². The van der Waals surface area contributed by atoms with Crippen LogP contribution in [0, 0.1) is 0 Å². The summed E-state index contributed by atoms with van der Waals surface area (Å²) in [5.41, 5.74) is 0. The van der Waals surface area contributed by atoms with Crippen LogP contribution in [0.2, 0.25) is 0 Å². The first-order valence-corrected chi connectivity index (χ1v) is 3.33. The van der Waals surface area contributed by atoms with Crippen LogP contribution in [-0.4, -0.2) is 14.8 Å². The minimum absolute atomic E-state index is 0.124. The molecule has 0 bridgehead atoms. The van der Waals surface area contributed by atoms with Crippen LogP contribution in [0.15, 0.2) is 12.1 Å². The van der Waals surface area contributed by atoms with Crippen molar-refractivity contribution in [3.8, 4) is 11.8 Å². The van der Waals surface area contributed by atoms with Crippen molar-refractivity contribution in [1.29, 1.82) is 0 Å². The minimum Gasteiger partial charge on any atom is -0.494 e. The van der Waals surface area contributed by atoms with Crippen molar-refractivity contribution in [3.05, 3.63) is 12.1 Å². The van der Waals surface area contributed by atoms with Gasteiger partial charge in [-0.2, -0.15) is 0 Å². The van der Waals surface area contributed by atoms with Crippen molar-refractivity contribution in [2.45, 2.75) is 19.9 Å². The lowest BCUT2D eigenvalue weighted by Gasteiger charge is -2.02. The van der Waals surface area contributed by atoms with Gasteiger partial charge in [-0.05, 0) is 6.42 Å². The zero-order valence-corrected chi connectivity index (χ0v) is 5.91. The summed E-state index contributed by atoms with van der Waals surface area (Å²) in [4.78, 5) is 0. The van der Waals surface area contributed by atoms with E-state index >= 15 is 0 Å². The molecule has 1 rings (SSSR count). The Morgan fingerprint density at radius 2 is 1.80 bits per heavy atom. The number of hydrogen-bond acceptors (Lipinski definition) is 2. The lowest BCUT2D eigenvalue weighted by Crippen LogP contribution is -1.93. The molecule has 1 aromatic heterocycles. The molecule has 0 aliphatic heterocycles. The fourth-order valence-corrected chi connectivity index (χ4v) is 0.899. The zero-order chi connectivity index (χ0) is 7.56. The first-order chi connectivity index (χ1) is 4.75. The number of rotatable bonds is 2. The van der Waals surface area contributed by atoms with Crippen molar-refractivity contribution in [2.24, 2.45) is 0 Å². The van der Waals surface area contributed by atoms with E-state index in [2.05, 4.69) is 0 Å². The van der Waals surface area contributed by atoms with E-state index in [1.165, 1.54) is 16.7 Å². The Morgan fingerprint density at radius 1 is 1.30 bits per heavy atom. The predicted octanol–water partition coefficient (Wildman–Crippen LogP) is 1.31. The highest BCUT2D eigenvalue weighted by atomic mass is 16.3. The van der Waals surface area contributed by atoms with Crippen molar-refractivity contribution in [1.82, 2.24) is 4.57 Å². The number of aromatic nitrogens is 1. The van der Waals surface area contributed by atoms with Gasteiger partial charge in [-0.15, -0.1) is 0 Å². The van der Waals surface area contributed by atoms with E-state index in [-0.39, 0.29) is 11.8 Å². The highest BCUT2D eigenvalue weighted by Crippen LogP contribution is 2.20. The zero-order valence-electron chi connectivity index (χ0n) is 5.91. The maximum absolute atomic E-state index is 9.07.